The molecule has 44 valence electrons. The van der Waals surface area contributed by atoms with Gasteiger partial charge < -0.3 is 5.32 Å². The fourth-order valence-electron chi connectivity index (χ4n) is 0.116. The first kappa shape index (κ1) is 7.07. The van der Waals surface area contributed by atoms with Crippen LogP contribution in [0.4, 0.5) is 0 Å². The molecule has 0 fully saturated rings. The minimum atomic E-state index is -1.22. The van der Waals surface area contributed by atoms with Gasteiger partial charge in [-0.15, -0.1) is 0 Å². The van der Waals surface area contributed by atoms with E-state index in [0.29, 0.717) is 0 Å². The Hall–Kier alpha value is 0.0700. The zero-order valence-electron chi connectivity index (χ0n) is 4.47. The molecule has 0 bridgehead atoms. The fourth-order valence-corrected chi connectivity index (χ4v) is 0.348. The molecule has 0 rings (SSSR count). The van der Waals surface area contributed by atoms with Gasteiger partial charge in [-0.25, -0.2) is 4.21 Å². The second-order valence-corrected chi connectivity index (χ2v) is 2.62. The van der Waals surface area contributed by atoms with Crippen LogP contribution >= 0.6 is 0 Å². The maximum atomic E-state index is 10.2. The lowest BCUT2D eigenvalue weighted by atomic mass is 10.8. The van der Waals surface area contributed by atoms with Gasteiger partial charge >= 0.3 is 0 Å². The molecule has 0 amide bonds. The molecule has 0 heterocycles. The highest BCUT2D eigenvalue weighted by Gasteiger charge is 1.98. The van der Waals surface area contributed by atoms with Gasteiger partial charge in [-0.1, -0.05) is 0 Å². The highest BCUT2D eigenvalue weighted by Crippen LogP contribution is 1.77. The van der Waals surface area contributed by atoms with Crippen molar-refractivity contribution in [3.8, 4) is 0 Å². The van der Waals surface area contributed by atoms with Gasteiger partial charge in [0, 0.05) is 0 Å². The molecule has 0 aliphatic rings. The van der Waals surface area contributed by atoms with Gasteiger partial charge in [0.15, 0.2) is 0 Å². The van der Waals surface area contributed by atoms with Gasteiger partial charge in [-0.05, 0) is 14.0 Å². The first-order valence-electron chi connectivity index (χ1n) is 2.00. The predicted octanol–water partition coefficient (Wildman–Crippen LogP) is -0.826. The smallest absolute Gasteiger partial charge is 0.106 e. The second-order valence-electron chi connectivity index (χ2n) is 1.26. The molecule has 0 saturated carbocycles. The molecular weight excluding hydrogens is 112 g/mol. The molecule has 7 heavy (non-hydrogen) atoms. The minimum Gasteiger partial charge on any atom is -0.305 e. The fraction of sp³-hybridized carbons (Fsp3) is 1.00. The van der Waals surface area contributed by atoms with E-state index in [4.69, 9.17) is 5.14 Å². The maximum absolute atomic E-state index is 10.2. The summed E-state index contributed by atoms with van der Waals surface area (Å²) in [6, 6.07) is 0. The highest BCUT2D eigenvalue weighted by molar-refractivity contribution is 7.83. The molecule has 2 atom stereocenters. The molecule has 0 aromatic carbocycles. The summed E-state index contributed by atoms with van der Waals surface area (Å²) in [5, 5.41) is 7.60. The quantitative estimate of drug-likeness (QED) is 0.502. The minimum absolute atomic E-state index is 0.0972. The SMILES string of the molecule is CNC(C)S(N)=O. The normalized spacial score (nSPS) is 18.7. The molecule has 0 aromatic rings. The van der Waals surface area contributed by atoms with E-state index in [2.05, 4.69) is 5.32 Å². The van der Waals surface area contributed by atoms with Crippen molar-refractivity contribution in [2.24, 2.45) is 5.14 Å². The predicted molar refractivity (Wildman–Crippen MR) is 30.9 cm³/mol. The topological polar surface area (TPSA) is 55.1 Å². The van der Waals surface area contributed by atoms with Crippen LogP contribution in [0.3, 0.4) is 0 Å². The van der Waals surface area contributed by atoms with Crippen LogP contribution in [-0.4, -0.2) is 16.6 Å². The van der Waals surface area contributed by atoms with Crippen LogP contribution in [0, 0.1) is 0 Å². The number of nitrogens with two attached hydrogens (primary N) is 1. The van der Waals surface area contributed by atoms with Gasteiger partial charge in [0.25, 0.3) is 0 Å². The lowest BCUT2D eigenvalue weighted by Gasteiger charge is -2.02. The zero-order chi connectivity index (χ0) is 5.86. The molecule has 0 aliphatic carbocycles. The summed E-state index contributed by atoms with van der Waals surface area (Å²) < 4.78 is 10.2. The molecule has 0 aromatic heterocycles. The van der Waals surface area contributed by atoms with Gasteiger partial charge in [0.2, 0.25) is 0 Å². The lowest BCUT2D eigenvalue weighted by Crippen LogP contribution is -2.30. The largest absolute Gasteiger partial charge is 0.305 e. The van der Waals surface area contributed by atoms with E-state index in [1.807, 2.05) is 0 Å². The standard InChI is InChI=1S/C3H10N2OS/c1-3(5-2)7(4)6/h3,5H,4H2,1-2H3. The number of hydrogen-bond acceptors (Lipinski definition) is 2. The molecule has 0 radical (unpaired) electrons. The van der Waals surface area contributed by atoms with Crippen molar-refractivity contribution in [1.29, 1.82) is 0 Å². The third-order valence-corrected chi connectivity index (χ3v) is 1.69. The van der Waals surface area contributed by atoms with E-state index in [1.165, 1.54) is 0 Å². The van der Waals surface area contributed by atoms with Crippen LogP contribution < -0.4 is 10.5 Å². The Morgan fingerprint density at radius 1 is 1.86 bits per heavy atom. The van der Waals surface area contributed by atoms with Crippen LogP contribution in [0.25, 0.3) is 0 Å². The molecule has 0 spiro atoms. The van der Waals surface area contributed by atoms with Crippen molar-refractivity contribution >= 4 is 11.0 Å². The average molecular weight is 122 g/mol. The van der Waals surface area contributed by atoms with E-state index in [1.54, 1.807) is 14.0 Å². The lowest BCUT2D eigenvalue weighted by molar-refractivity contribution is 0.661. The van der Waals surface area contributed by atoms with Crippen molar-refractivity contribution in [2.75, 3.05) is 7.05 Å². The van der Waals surface area contributed by atoms with Crippen molar-refractivity contribution in [3.05, 3.63) is 0 Å². The Labute approximate surface area is 45.9 Å². The molecular formula is C3H10N2OS. The Kier molecular flexibility index (Phi) is 3.15. The van der Waals surface area contributed by atoms with E-state index < -0.39 is 11.0 Å². The van der Waals surface area contributed by atoms with E-state index in [-0.39, 0.29) is 5.37 Å². The second kappa shape index (κ2) is 3.12. The number of hydrogen-bond donors (Lipinski definition) is 2. The van der Waals surface area contributed by atoms with Crippen LogP contribution in [0.5, 0.6) is 0 Å². The van der Waals surface area contributed by atoms with Crippen molar-refractivity contribution < 1.29 is 4.21 Å². The van der Waals surface area contributed by atoms with Gasteiger partial charge in [-0.3, -0.25) is 5.14 Å². The first-order valence-corrected chi connectivity index (χ1v) is 3.28. The van der Waals surface area contributed by atoms with Crippen LogP contribution in [-0.2, 0) is 11.0 Å². The van der Waals surface area contributed by atoms with E-state index in [0.717, 1.165) is 0 Å². The third kappa shape index (κ3) is 2.73. The summed E-state index contributed by atoms with van der Waals surface area (Å²) >= 11 is 0. The van der Waals surface area contributed by atoms with Crippen molar-refractivity contribution in [1.82, 2.24) is 5.32 Å². The highest BCUT2D eigenvalue weighted by atomic mass is 32.2. The Morgan fingerprint density at radius 2 is 2.29 bits per heavy atom. The zero-order valence-corrected chi connectivity index (χ0v) is 5.29. The summed E-state index contributed by atoms with van der Waals surface area (Å²) in [6.45, 7) is 1.76. The Morgan fingerprint density at radius 3 is 2.29 bits per heavy atom. The summed E-state index contributed by atoms with van der Waals surface area (Å²) in [5.74, 6) is 0. The van der Waals surface area contributed by atoms with Crippen molar-refractivity contribution in [3.63, 3.8) is 0 Å². The van der Waals surface area contributed by atoms with Gasteiger partial charge in [0.1, 0.15) is 11.0 Å². The van der Waals surface area contributed by atoms with Crippen LogP contribution in [0.1, 0.15) is 6.92 Å². The number of rotatable bonds is 2. The van der Waals surface area contributed by atoms with E-state index in [9.17, 15) is 4.21 Å². The summed E-state index contributed by atoms with van der Waals surface area (Å²) in [6.07, 6.45) is 0. The summed E-state index contributed by atoms with van der Waals surface area (Å²) in [4.78, 5) is 0. The van der Waals surface area contributed by atoms with Gasteiger partial charge in [-0.2, -0.15) is 0 Å². The van der Waals surface area contributed by atoms with Gasteiger partial charge in [0.05, 0.1) is 5.37 Å². The molecule has 3 nitrogen and oxygen atoms in total. The molecule has 0 aliphatic heterocycles. The van der Waals surface area contributed by atoms with Crippen LogP contribution in [0.15, 0.2) is 0 Å². The van der Waals surface area contributed by atoms with Crippen molar-refractivity contribution in [2.45, 2.75) is 12.3 Å². The van der Waals surface area contributed by atoms with E-state index >= 15 is 0 Å². The monoisotopic (exact) mass is 122 g/mol. The number of nitrogens with one attached hydrogen (secondary N) is 1. The summed E-state index contributed by atoms with van der Waals surface area (Å²) in [7, 11) is 0.496. The van der Waals surface area contributed by atoms with Crippen LogP contribution in [0.2, 0.25) is 0 Å². The summed E-state index contributed by atoms with van der Waals surface area (Å²) in [5.41, 5.74) is 0. The third-order valence-electron chi connectivity index (χ3n) is 0.755. The first-order chi connectivity index (χ1) is 3.18. The maximum Gasteiger partial charge on any atom is 0.106 e. The molecule has 4 heteroatoms. The molecule has 3 N–H and O–H groups in total. The Balaban J connectivity index is 3.34. The molecule has 2 unspecified atom stereocenters. The molecule has 0 saturated heterocycles. The average Bonchev–Trinajstić information content (AvgIpc) is 1.65. The Bertz CT molecular complexity index is 75.3.